The smallest absolute Gasteiger partial charge is 0.0555 e. The molecule has 1 aliphatic carbocycles. The van der Waals surface area contributed by atoms with Crippen molar-refractivity contribution in [2.75, 3.05) is 13.6 Å². The summed E-state index contributed by atoms with van der Waals surface area (Å²) in [6.45, 7) is 1.46. The van der Waals surface area contributed by atoms with Gasteiger partial charge in [-0.3, -0.25) is 4.90 Å². The lowest BCUT2D eigenvalue weighted by atomic mass is 10.1. The highest BCUT2D eigenvalue weighted by atomic mass is 32.1. The van der Waals surface area contributed by atoms with Crippen LogP contribution in [0.2, 0.25) is 0 Å². The number of hydrogen-bond donors (Lipinski definition) is 1. The Morgan fingerprint density at radius 2 is 2.05 bits per heavy atom. The largest absolute Gasteiger partial charge is 0.320 e. The van der Waals surface area contributed by atoms with Gasteiger partial charge in [-0.05, 0) is 31.3 Å². The van der Waals surface area contributed by atoms with Crippen molar-refractivity contribution in [3.8, 4) is 11.8 Å². The van der Waals surface area contributed by atoms with Crippen molar-refractivity contribution in [1.82, 2.24) is 4.90 Å². The van der Waals surface area contributed by atoms with Crippen LogP contribution in [0.4, 0.5) is 0 Å². The molecule has 0 amide bonds. The molecule has 1 aromatic heterocycles. The number of nitrogens with zero attached hydrogens (tertiary/aromatic N) is 1. The van der Waals surface area contributed by atoms with E-state index in [4.69, 9.17) is 5.73 Å². The van der Waals surface area contributed by atoms with Crippen LogP contribution in [0.15, 0.2) is 11.4 Å². The van der Waals surface area contributed by atoms with Gasteiger partial charge in [-0.15, -0.1) is 11.3 Å². The Labute approximate surface area is 121 Å². The van der Waals surface area contributed by atoms with Crippen LogP contribution < -0.4 is 5.73 Å². The van der Waals surface area contributed by atoms with Crippen LogP contribution in [-0.4, -0.2) is 24.5 Å². The minimum absolute atomic E-state index is 0.438. The normalized spacial score (nSPS) is 17.0. The minimum Gasteiger partial charge on any atom is -0.320 e. The third-order valence-corrected chi connectivity index (χ3v) is 4.82. The molecule has 3 heteroatoms. The molecule has 0 aliphatic heterocycles. The first-order chi connectivity index (χ1) is 9.31. The lowest BCUT2D eigenvalue weighted by Crippen LogP contribution is -2.30. The first kappa shape index (κ1) is 14.6. The van der Waals surface area contributed by atoms with Gasteiger partial charge < -0.3 is 5.73 Å². The van der Waals surface area contributed by atoms with Crippen molar-refractivity contribution in [1.29, 1.82) is 0 Å². The molecule has 1 saturated carbocycles. The topological polar surface area (TPSA) is 29.3 Å². The van der Waals surface area contributed by atoms with Crippen LogP contribution in [0.5, 0.6) is 0 Å². The maximum absolute atomic E-state index is 5.45. The zero-order valence-corrected chi connectivity index (χ0v) is 12.6. The van der Waals surface area contributed by atoms with Gasteiger partial charge in [-0.25, -0.2) is 0 Å². The fraction of sp³-hybridized carbons (Fsp3) is 0.625. The van der Waals surface area contributed by atoms with E-state index in [9.17, 15) is 0 Å². The second-order valence-corrected chi connectivity index (χ2v) is 6.32. The SMILES string of the molecule is CN(Cc1sccc1C#CCN)C1CCCCCC1. The van der Waals surface area contributed by atoms with E-state index in [2.05, 4.69) is 35.2 Å². The van der Waals surface area contributed by atoms with Crippen LogP contribution in [0.3, 0.4) is 0 Å². The van der Waals surface area contributed by atoms with Gasteiger partial charge in [0.15, 0.2) is 0 Å². The van der Waals surface area contributed by atoms with Crippen molar-refractivity contribution in [2.45, 2.75) is 51.1 Å². The molecule has 0 spiro atoms. The molecular formula is C16H24N2S. The minimum atomic E-state index is 0.438. The Bertz CT molecular complexity index is 433. The molecule has 2 nitrogen and oxygen atoms in total. The Hall–Kier alpha value is -0.820. The number of hydrogen-bond acceptors (Lipinski definition) is 3. The molecule has 104 valence electrons. The van der Waals surface area contributed by atoms with Gasteiger partial charge in [-0.1, -0.05) is 37.5 Å². The maximum atomic E-state index is 5.45. The van der Waals surface area contributed by atoms with Gasteiger partial charge in [0.25, 0.3) is 0 Å². The molecular weight excluding hydrogens is 252 g/mol. The Balaban J connectivity index is 1.97. The molecule has 2 N–H and O–H groups in total. The van der Waals surface area contributed by atoms with Crippen molar-refractivity contribution >= 4 is 11.3 Å². The molecule has 1 fully saturated rings. The van der Waals surface area contributed by atoms with Crippen molar-refractivity contribution in [3.63, 3.8) is 0 Å². The van der Waals surface area contributed by atoms with E-state index in [1.54, 1.807) is 0 Å². The van der Waals surface area contributed by atoms with Gasteiger partial charge in [0.05, 0.1) is 6.54 Å². The number of nitrogens with two attached hydrogens (primary N) is 1. The molecule has 0 bridgehead atoms. The summed E-state index contributed by atoms with van der Waals surface area (Å²) in [5.41, 5.74) is 6.61. The summed E-state index contributed by atoms with van der Waals surface area (Å²) in [6.07, 6.45) is 8.31. The summed E-state index contributed by atoms with van der Waals surface area (Å²) in [4.78, 5) is 3.90. The molecule has 0 unspecified atom stereocenters. The lowest BCUT2D eigenvalue weighted by Gasteiger charge is -2.26. The number of thiophene rings is 1. The van der Waals surface area contributed by atoms with E-state index >= 15 is 0 Å². The zero-order chi connectivity index (χ0) is 13.5. The third kappa shape index (κ3) is 4.35. The summed E-state index contributed by atoms with van der Waals surface area (Å²) in [7, 11) is 2.26. The van der Waals surface area contributed by atoms with Crippen LogP contribution in [-0.2, 0) is 6.54 Å². The molecule has 2 rings (SSSR count). The maximum Gasteiger partial charge on any atom is 0.0555 e. The molecule has 0 saturated heterocycles. The summed E-state index contributed by atoms with van der Waals surface area (Å²) in [6, 6.07) is 2.86. The Morgan fingerprint density at radius 3 is 2.74 bits per heavy atom. The second-order valence-electron chi connectivity index (χ2n) is 5.32. The molecule has 19 heavy (non-hydrogen) atoms. The lowest BCUT2D eigenvalue weighted by molar-refractivity contribution is 0.214. The highest BCUT2D eigenvalue weighted by Gasteiger charge is 2.18. The molecule has 1 aliphatic rings. The highest BCUT2D eigenvalue weighted by Crippen LogP contribution is 2.24. The zero-order valence-electron chi connectivity index (χ0n) is 11.8. The van der Waals surface area contributed by atoms with Gasteiger partial charge in [-0.2, -0.15) is 0 Å². The predicted molar refractivity (Wildman–Crippen MR) is 83.2 cm³/mol. The molecule has 1 heterocycles. The van der Waals surface area contributed by atoms with E-state index in [0.717, 1.165) is 18.2 Å². The molecule has 0 atom stereocenters. The van der Waals surface area contributed by atoms with E-state index in [1.165, 1.54) is 43.4 Å². The van der Waals surface area contributed by atoms with Gasteiger partial charge >= 0.3 is 0 Å². The molecule has 1 aromatic rings. The predicted octanol–water partition coefficient (Wildman–Crippen LogP) is 3.21. The quantitative estimate of drug-likeness (QED) is 0.678. The van der Waals surface area contributed by atoms with Crippen LogP contribution >= 0.6 is 11.3 Å². The molecule has 0 radical (unpaired) electrons. The van der Waals surface area contributed by atoms with Gasteiger partial charge in [0, 0.05) is 23.0 Å². The molecule has 0 aromatic carbocycles. The average Bonchev–Trinajstić information content (AvgIpc) is 2.67. The number of rotatable bonds is 3. The van der Waals surface area contributed by atoms with Crippen molar-refractivity contribution in [3.05, 3.63) is 21.9 Å². The van der Waals surface area contributed by atoms with Crippen LogP contribution in [0.25, 0.3) is 0 Å². The van der Waals surface area contributed by atoms with Crippen LogP contribution in [0.1, 0.15) is 49.0 Å². The van der Waals surface area contributed by atoms with E-state index in [1.807, 2.05) is 11.3 Å². The summed E-state index contributed by atoms with van der Waals surface area (Å²) in [5.74, 6) is 6.14. The Morgan fingerprint density at radius 1 is 1.32 bits per heavy atom. The average molecular weight is 276 g/mol. The second kappa shape index (κ2) is 7.69. The summed E-state index contributed by atoms with van der Waals surface area (Å²) < 4.78 is 0. The first-order valence-corrected chi connectivity index (χ1v) is 8.14. The summed E-state index contributed by atoms with van der Waals surface area (Å²) >= 11 is 1.81. The highest BCUT2D eigenvalue weighted by molar-refractivity contribution is 7.10. The fourth-order valence-corrected chi connectivity index (χ4v) is 3.67. The first-order valence-electron chi connectivity index (χ1n) is 7.27. The van der Waals surface area contributed by atoms with E-state index in [0.29, 0.717) is 6.54 Å². The van der Waals surface area contributed by atoms with Crippen molar-refractivity contribution in [2.24, 2.45) is 5.73 Å². The van der Waals surface area contributed by atoms with Gasteiger partial charge in [0.2, 0.25) is 0 Å². The fourth-order valence-electron chi connectivity index (χ4n) is 2.77. The third-order valence-electron chi connectivity index (χ3n) is 3.91. The summed E-state index contributed by atoms with van der Waals surface area (Å²) in [5, 5.41) is 2.14. The standard InChI is InChI=1S/C16H24N2S/c1-18(15-8-4-2-3-5-9-15)13-16-14(7-6-11-17)10-12-19-16/h10,12,15H,2-5,8-9,11,13,17H2,1H3. The van der Waals surface area contributed by atoms with Gasteiger partial charge in [0.1, 0.15) is 0 Å². The van der Waals surface area contributed by atoms with Crippen LogP contribution in [0, 0.1) is 11.8 Å². The van der Waals surface area contributed by atoms with E-state index in [-0.39, 0.29) is 0 Å². The van der Waals surface area contributed by atoms with E-state index < -0.39 is 0 Å². The Kier molecular flexibility index (Phi) is 5.91. The van der Waals surface area contributed by atoms with Crippen molar-refractivity contribution < 1.29 is 0 Å². The monoisotopic (exact) mass is 276 g/mol.